The highest BCUT2D eigenvalue weighted by Crippen LogP contribution is 2.44. The molecule has 1 aliphatic heterocycles. The third-order valence-corrected chi connectivity index (χ3v) is 12.2. The number of aromatic nitrogens is 1. The largest absolute Gasteiger partial charge is 0.478 e. The quantitative estimate of drug-likeness (QED) is 0.278. The van der Waals surface area contributed by atoms with E-state index >= 15 is 0 Å². The maximum Gasteiger partial charge on any atom is 0.410 e. The summed E-state index contributed by atoms with van der Waals surface area (Å²) in [5.74, 6) is -0.963. The van der Waals surface area contributed by atoms with Crippen LogP contribution in [0.2, 0.25) is 23.3 Å². The SMILES string of the molecule is CC(C)(C)OC(=O)N1C(Cc2ccc(C(=O)O)cc2)CC[C@H]1[C@H](O[Si](C)(C)C(C)(C)C)c1ccc(Cl)nc1. The second-order valence-electron chi connectivity index (χ2n) is 12.6. The minimum atomic E-state index is -2.25. The molecule has 1 aromatic carbocycles. The van der Waals surface area contributed by atoms with Crippen molar-refractivity contribution in [2.45, 2.75) is 103 Å². The van der Waals surface area contributed by atoms with Crippen LogP contribution in [-0.2, 0) is 15.6 Å². The van der Waals surface area contributed by atoms with Crippen LogP contribution in [0.5, 0.6) is 0 Å². The summed E-state index contributed by atoms with van der Waals surface area (Å²) in [6.07, 6.45) is 3.06. The molecular weight excluding hydrogens is 520 g/mol. The van der Waals surface area contributed by atoms with Crippen molar-refractivity contribution >= 4 is 32.0 Å². The third kappa shape index (κ3) is 7.36. The fourth-order valence-electron chi connectivity index (χ4n) is 4.48. The lowest BCUT2D eigenvalue weighted by atomic mass is 10.0. The van der Waals surface area contributed by atoms with Gasteiger partial charge in [-0.05, 0) is 81.9 Å². The molecule has 3 rings (SSSR count). The number of benzene rings is 1. The first-order chi connectivity index (χ1) is 17.5. The Morgan fingerprint density at radius 3 is 2.21 bits per heavy atom. The number of amides is 1. The molecule has 1 saturated heterocycles. The van der Waals surface area contributed by atoms with Gasteiger partial charge in [-0.1, -0.05) is 50.6 Å². The predicted molar refractivity (Wildman–Crippen MR) is 152 cm³/mol. The van der Waals surface area contributed by atoms with Crippen molar-refractivity contribution < 1.29 is 23.9 Å². The minimum absolute atomic E-state index is 0.0360. The number of carboxylic acid groups (broad SMARTS) is 1. The Hall–Kier alpha value is -2.42. The molecule has 7 nitrogen and oxygen atoms in total. The average molecular weight is 561 g/mol. The molecule has 1 fully saturated rings. The zero-order valence-corrected chi connectivity index (χ0v) is 25.5. The number of hydrogen-bond acceptors (Lipinski definition) is 5. The number of aromatic carboxylic acids is 1. The van der Waals surface area contributed by atoms with E-state index in [1.54, 1.807) is 24.4 Å². The van der Waals surface area contributed by atoms with Crippen molar-refractivity contribution in [3.05, 3.63) is 64.4 Å². The molecule has 0 spiro atoms. The van der Waals surface area contributed by atoms with Crippen LogP contribution in [0.25, 0.3) is 0 Å². The van der Waals surface area contributed by atoms with Crippen molar-refractivity contribution in [3.63, 3.8) is 0 Å². The van der Waals surface area contributed by atoms with E-state index in [-0.39, 0.29) is 28.8 Å². The van der Waals surface area contributed by atoms with E-state index < -0.39 is 26.0 Å². The summed E-state index contributed by atoms with van der Waals surface area (Å²) in [5.41, 5.74) is 1.42. The van der Waals surface area contributed by atoms with Crippen LogP contribution in [0.15, 0.2) is 42.6 Å². The van der Waals surface area contributed by atoms with Gasteiger partial charge in [0.05, 0.1) is 17.7 Å². The summed E-state index contributed by atoms with van der Waals surface area (Å²) in [5, 5.41) is 9.63. The maximum atomic E-state index is 13.7. The van der Waals surface area contributed by atoms with Gasteiger partial charge >= 0.3 is 12.1 Å². The molecule has 1 aromatic heterocycles. The minimum Gasteiger partial charge on any atom is -0.478 e. The Balaban J connectivity index is 2.01. The molecule has 1 amide bonds. The fourth-order valence-corrected chi connectivity index (χ4v) is 5.88. The lowest BCUT2D eigenvalue weighted by Gasteiger charge is -2.43. The standard InChI is InChI=1S/C29H41ClN2O5Si/c1-28(2,3)36-27(35)32-22(17-19-9-11-20(12-10-19)26(33)34)14-15-23(32)25(21-13-16-24(30)31-18-21)37-38(7,8)29(4,5)6/h9-13,16,18,22-23,25H,14-15,17H2,1-8H3,(H,33,34)/t22?,23-,25+/m0/s1. The zero-order chi connectivity index (χ0) is 28.5. The summed E-state index contributed by atoms with van der Waals surface area (Å²) in [4.78, 5) is 31.2. The van der Waals surface area contributed by atoms with E-state index in [9.17, 15) is 14.7 Å². The van der Waals surface area contributed by atoms with Gasteiger partial charge in [-0.15, -0.1) is 0 Å². The van der Waals surface area contributed by atoms with E-state index in [4.69, 9.17) is 20.8 Å². The van der Waals surface area contributed by atoms with Crippen molar-refractivity contribution in [1.29, 1.82) is 0 Å². The molecule has 1 unspecified atom stereocenters. The molecular formula is C29H41ClN2O5Si. The van der Waals surface area contributed by atoms with Crippen LogP contribution >= 0.6 is 11.6 Å². The van der Waals surface area contributed by atoms with Gasteiger partial charge in [0.25, 0.3) is 0 Å². The number of nitrogens with zero attached hydrogens (tertiary/aromatic N) is 2. The summed E-state index contributed by atoms with van der Waals surface area (Å²) in [6.45, 7) is 16.6. The molecule has 0 aliphatic carbocycles. The molecule has 3 atom stereocenters. The topological polar surface area (TPSA) is 89.0 Å². The summed E-state index contributed by atoms with van der Waals surface area (Å²) < 4.78 is 12.9. The number of halogens is 1. The predicted octanol–water partition coefficient (Wildman–Crippen LogP) is 7.51. The van der Waals surface area contributed by atoms with Gasteiger partial charge in [0.15, 0.2) is 8.32 Å². The van der Waals surface area contributed by atoms with Crippen molar-refractivity contribution in [1.82, 2.24) is 9.88 Å². The first-order valence-electron chi connectivity index (χ1n) is 13.1. The molecule has 208 valence electrons. The third-order valence-electron chi connectivity index (χ3n) is 7.48. The van der Waals surface area contributed by atoms with Crippen LogP contribution in [0.4, 0.5) is 4.79 Å². The highest BCUT2D eigenvalue weighted by molar-refractivity contribution is 6.74. The lowest BCUT2D eigenvalue weighted by molar-refractivity contribution is -0.00244. The van der Waals surface area contributed by atoms with Gasteiger partial charge < -0.3 is 14.3 Å². The Morgan fingerprint density at radius 1 is 1.08 bits per heavy atom. The first-order valence-corrected chi connectivity index (χ1v) is 16.4. The number of rotatable bonds is 7. The van der Waals surface area contributed by atoms with E-state index in [0.29, 0.717) is 11.6 Å². The highest BCUT2D eigenvalue weighted by Gasteiger charge is 2.47. The number of ether oxygens (including phenoxy) is 1. The van der Waals surface area contributed by atoms with Gasteiger partial charge in [-0.25, -0.2) is 14.6 Å². The van der Waals surface area contributed by atoms with Gasteiger partial charge in [-0.3, -0.25) is 4.90 Å². The molecule has 0 saturated carbocycles. The number of carboxylic acids is 1. The van der Waals surface area contributed by atoms with Gasteiger partial charge in [-0.2, -0.15) is 0 Å². The highest BCUT2D eigenvalue weighted by atomic mass is 35.5. The van der Waals surface area contributed by atoms with Crippen LogP contribution in [-0.4, -0.2) is 53.1 Å². The molecule has 2 aromatic rings. The number of likely N-dealkylation sites (tertiary alicyclic amines) is 1. The molecule has 0 bridgehead atoms. The first kappa shape index (κ1) is 30.1. The lowest BCUT2D eigenvalue weighted by Crippen LogP contribution is -2.50. The fraction of sp³-hybridized carbons (Fsp3) is 0.552. The van der Waals surface area contributed by atoms with E-state index in [0.717, 1.165) is 24.0 Å². The van der Waals surface area contributed by atoms with Crippen molar-refractivity contribution in [2.75, 3.05) is 0 Å². The van der Waals surface area contributed by atoms with E-state index in [1.165, 1.54) is 0 Å². The number of carbonyl (C=O) groups is 2. The van der Waals surface area contributed by atoms with Crippen molar-refractivity contribution in [2.24, 2.45) is 0 Å². The number of hydrogen-bond donors (Lipinski definition) is 1. The van der Waals surface area contributed by atoms with E-state index in [1.807, 2.05) is 43.9 Å². The molecule has 0 radical (unpaired) electrons. The molecule has 2 heterocycles. The summed E-state index contributed by atoms with van der Waals surface area (Å²) >= 11 is 6.11. The number of pyridine rings is 1. The monoisotopic (exact) mass is 560 g/mol. The molecule has 9 heteroatoms. The Kier molecular flexibility index (Phi) is 9.01. The Bertz CT molecular complexity index is 1120. The van der Waals surface area contributed by atoms with Crippen LogP contribution < -0.4 is 0 Å². The summed E-state index contributed by atoms with van der Waals surface area (Å²) in [6, 6.07) is 10.1. The van der Waals surface area contributed by atoms with Crippen LogP contribution in [0.1, 0.15) is 82.0 Å². The van der Waals surface area contributed by atoms with Crippen molar-refractivity contribution in [3.8, 4) is 0 Å². The van der Waals surface area contributed by atoms with Gasteiger partial charge in [0, 0.05) is 17.8 Å². The normalized spacial score (nSPS) is 19.3. The molecule has 38 heavy (non-hydrogen) atoms. The van der Waals surface area contributed by atoms with Gasteiger partial charge in [0.2, 0.25) is 0 Å². The van der Waals surface area contributed by atoms with Crippen LogP contribution in [0, 0.1) is 0 Å². The Morgan fingerprint density at radius 2 is 1.71 bits per heavy atom. The van der Waals surface area contributed by atoms with Gasteiger partial charge in [0.1, 0.15) is 10.8 Å². The number of carbonyl (C=O) groups excluding carboxylic acids is 1. The molecule has 1 N–H and O–H groups in total. The van der Waals surface area contributed by atoms with Crippen LogP contribution in [0.3, 0.4) is 0 Å². The summed E-state index contributed by atoms with van der Waals surface area (Å²) in [7, 11) is -2.25. The Labute approximate surface area is 232 Å². The van der Waals surface area contributed by atoms with E-state index in [2.05, 4.69) is 38.8 Å². The second-order valence-corrected chi connectivity index (χ2v) is 17.7. The molecule has 1 aliphatic rings. The maximum absolute atomic E-state index is 13.7. The smallest absolute Gasteiger partial charge is 0.410 e. The zero-order valence-electron chi connectivity index (χ0n) is 23.7. The average Bonchev–Trinajstić information content (AvgIpc) is 3.20. The second kappa shape index (κ2) is 11.4.